The standard InChI is InChI=1S/C13H28AsO11PS/c1-14(2,20)3-10-11(18)12(19)13(25-10)23-5-9(17)7-27-26(21,22)24-6-8(16)4-15/h8-13,15-19H,3-7H2,1-2H3,(H,21,22)/t8?,9?,10-,11-,12-,13-/m1/s1. The van der Waals surface area contributed by atoms with Crippen LogP contribution < -0.4 is 0 Å². The Morgan fingerprint density at radius 3 is 2.37 bits per heavy atom. The van der Waals surface area contributed by atoms with Crippen molar-refractivity contribution in [3.05, 3.63) is 0 Å². The van der Waals surface area contributed by atoms with Crippen LogP contribution in [0.4, 0.5) is 0 Å². The molecule has 0 aromatic rings. The Balaban J connectivity index is 2.38. The fourth-order valence-corrected chi connectivity index (χ4v) is 6.97. The number of hydrogen-bond donors (Lipinski definition) is 6. The first kappa shape index (κ1) is 25.6. The van der Waals surface area contributed by atoms with E-state index in [0.717, 1.165) is 0 Å². The normalized spacial score (nSPS) is 30.8. The molecule has 162 valence electrons. The summed E-state index contributed by atoms with van der Waals surface area (Å²) in [4.78, 5) is 9.54. The average molecular weight is 498 g/mol. The summed E-state index contributed by atoms with van der Waals surface area (Å²) < 4.78 is 38.8. The van der Waals surface area contributed by atoms with Gasteiger partial charge in [-0.3, -0.25) is 0 Å². The molecule has 27 heavy (non-hydrogen) atoms. The molecule has 1 aliphatic heterocycles. The van der Waals surface area contributed by atoms with Crippen LogP contribution in [0.15, 0.2) is 0 Å². The van der Waals surface area contributed by atoms with Crippen molar-refractivity contribution in [2.45, 2.75) is 53.4 Å². The van der Waals surface area contributed by atoms with Gasteiger partial charge in [0.25, 0.3) is 0 Å². The topological polar surface area (TPSA) is 183 Å². The molecule has 0 bridgehead atoms. The number of hydrogen-bond acceptors (Lipinski definition) is 11. The molecule has 1 rings (SSSR count). The molecule has 14 heteroatoms. The van der Waals surface area contributed by atoms with Crippen molar-refractivity contribution in [1.29, 1.82) is 0 Å². The van der Waals surface area contributed by atoms with Crippen LogP contribution in [0.1, 0.15) is 0 Å². The van der Waals surface area contributed by atoms with Gasteiger partial charge in [-0.05, 0) is 0 Å². The summed E-state index contributed by atoms with van der Waals surface area (Å²) in [7, 11) is 0. The van der Waals surface area contributed by atoms with Crippen molar-refractivity contribution in [2.75, 3.05) is 25.6 Å². The second kappa shape index (κ2) is 11.1. The Bertz CT molecular complexity index is 546. The summed E-state index contributed by atoms with van der Waals surface area (Å²) in [5, 5.41) is 47.5. The number of aliphatic hydroxyl groups is 5. The first-order valence-electron chi connectivity index (χ1n) is 8.10. The van der Waals surface area contributed by atoms with Crippen LogP contribution in [0.5, 0.6) is 0 Å². The molecule has 7 atom stereocenters. The molecule has 3 unspecified atom stereocenters. The maximum absolute atomic E-state index is 11.9. The third-order valence-corrected chi connectivity index (χ3v) is 9.14. The van der Waals surface area contributed by atoms with Gasteiger partial charge in [-0.1, -0.05) is 0 Å². The van der Waals surface area contributed by atoms with Crippen LogP contribution in [-0.4, -0.2) is 106 Å². The zero-order valence-electron chi connectivity index (χ0n) is 15.0. The second-order valence-corrected chi connectivity index (χ2v) is 18.0. The van der Waals surface area contributed by atoms with Gasteiger partial charge in [-0.25, -0.2) is 0 Å². The third kappa shape index (κ3) is 9.75. The van der Waals surface area contributed by atoms with E-state index >= 15 is 0 Å². The molecule has 0 amide bonds. The molecular weight excluding hydrogens is 470 g/mol. The zero-order chi connectivity index (χ0) is 20.8. The fourth-order valence-electron chi connectivity index (χ4n) is 2.14. The van der Waals surface area contributed by atoms with Gasteiger partial charge < -0.3 is 10.2 Å². The van der Waals surface area contributed by atoms with Gasteiger partial charge >= 0.3 is 140 Å². The van der Waals surface area contributed by atoms with Gasteiger partial charge in [0.15, 0.2) is 0 Å². The van der Waals surface area contributed by atoms with E-state index in [0.29, 0.717) is 11.4 Å². The molecule has 0 radical (unpaired) electrons. The first-order chi connectivity index (χ1) is 12.3. The SMILES string of the molecule is C[As](C)(=O)C[C@H]1O[C@@H](OCC(O)CSP(=O)(O)OCC(O)CO)[C@H](O)[C@@H]1O. The van der Waals surface area contributed by atoms with Crippen LogP contribution in [-0.2, 0) is 22.3 Å². The molecule has 1 aliphatic rings. The molecule has 0 aromatic carbocycles. The summed E-state index contributed by atoms with van der Waals surface area (Å²) >= 11 is -2.71. The Labute approximate surface area is 163 Å². The molecular formula is C13H28AsO11PS. The van der Waals surface area contributed by atoms with Crippen LogP contribution in [0.25, 0.3) is 0 Å². The first-order valence-corrected chi connectivity index (χ1v) is 17.1. The monoisotopic (exact) mass is 498 g/mol. The number of rotatable bonds is 12. The molecule has 0 saturated carbocycles. The summed E-state index contributed by atoms with van der Waals surface area (Å²) in [6.07, 6.45) is -7.18. The Morgan fingerprint density at radius 2 is 1.81 bits per heavy atom. The average Bonchev–Trinajstić information content (AvgIpc) is 2.82. The summed E-state index contributed by atoms with van der Waals surface area (Å²) in [5.41, 5.74) is 3.18. The van der Waals surface area contributed by atoms with E-state index in [1.807, 2.05) is 0 Å². The Morgan fingerprint density at radius 1 is 1.19 bits per heavy atom. The van der Waals surface area contributed by atoms with E-state index in [2.05, 4.69) is 4.52 Å². The predicted molar refractivity (Wildman–Crippen MR) is 96.9 cm³/mol. The molecule has 11 nitrogen and oxygen atoms in total. The van der Waals surface area contributed by atoms with E-state index in [-0.39, 0.29) is 17.6 Å². The minimum absolute atomic E-state index is 0.124. The third-order valence-electron chi connectivity index (χ3n) is 3.46. The molecule has 0 aliphatic carbocycles. The summed E-state index contributed by atoms with van der Waals surface area (Å²) in [6.45, 7) is -5.65. The van der Waals surface area contributed by atoms with E-state index in [1.54, 1.807) is 11.4 Å². The van der Waals surface area contributed by atoms with Crippen LogP contribution in [0.2, 0.25) is 16.6 Å². The second-order valence-electron chi connectivity index (χ2n) is 6.66. The van der Waals surface area contributed by atoms with Gasteiger partial charge in [-0.2, -0.15) is 0 Å². The van der Waals surface area contributed by atoms with E-state index < -0.39 is 70.3 Å². The van der Waals surface area contributed by atoms with Crippen LogP contribution in [0.3, 0.4) is 0 Å². The van der Waals surface area contributed by atoms with E-state index in [1.165, 1.54) is 0 Å². The maximum atomic E-state index is 11.9. The van der Waals surface area contributed by atoms with Gasteiger partial charge in [-0.15, -0.1) is 0 Å². The van der Waals surface area contributed by atoms with E-state index in [4.69, 9.17) is 19.7 Å². The van der Waals surface area contributed by atoms with Gasteiger partial charge in [0, 0.05) is 0 Å². The molecule has 6 N–H and O–H groups in total. The van der Waals surface area contributed by atoms with Crippen LogP contribution in [0, 0.1) is 0 Å². The van der Waals surface area contributed by atoms with Crippen molar-refractivity contribution in [3.63, 3.8) is 0 Å². The van der Waals surface area contributed by atoms with Gasteiger partial charge in [0.1, 0.15) is 6.10 Å². The fraction of sp³-hybridized carbons (Fsp3) is 1.00. The molecule has 0 aromatic heterocycles. The molecule has 1 heterocycles. The molecule has 1 saturated heterocycles. The van der Waals surface area contributed by atoms with Gasteiger partial charge in [0.2, 0.25) is 0 Å². The number of ether oxygens (including phenoxy) is 2. The molecule has 0 spiro atoms. The van der Waals surface area contributed by atoms with Crippen LogP contribution >= 0.6 is 18.2 Å². The Hall–Kier alpha value is 0.578. The van der Waals surface area contributed by atoms with Crippen molar-refractivity contribution in [2.24, 2.45) is 0 Å². The van der Waals surface area contributed by atoms with Crippen molar-refractivity contribution in [3.8, 4) is 0 Å². The predicted octanol–water partition coefficient (Wildman–Crippen LogP) is -1.35. The van der Waals surface area contributed by atoms with Gasteiger partial charge in [0.05, 0.1) is 6.61 Å². The Kier molecular flexibility index (Phi) is 10.5. The quantitative estimate of drug-likeness (QED) is 0.138. The number of aliphatic hydroxyl groups excluding tert-OH is 5. The minimum atomic E-state index is -4.14. The summed E-state index contributed by atoms with van der Waals surface area (Å²) in [6, 6.07) is 0. The summed E-state index contributed by atoms with van der Waals surface area (Å²) in [5.74, 6) is -0.250. The van der Waals surface area contributed by atoms with E-state index in [9.17, 15) is 28.5 Å². The van der Waals surface area contributed by atoms with Crippen molar-refractivity contribution >= 4 is 31.7 Å². The van der Waals surface area contributed by atoms with Crippen molar-refractivity contribution < 1.29 is 52.7 Å². The van der Waals surface area contributed by atoms with Crippen molar-refractivity contribution in [1.82, 2.24) is 0 Å². The zero-order valence-corrected chi connectivity index (χ0v) is 18.6. The molecule has 1 fully saturated rings.